The Balaban J connectivity index is 1.64. The Morgan fingerprint density at radius 3 is 2.63 bits per heavy atom. The van der Waals surface area contributed by atoms with Crippen molar-refractivity contribution in [3.8, 4) is 0 Å². The largest absolute Gasteiger partial charge is 0.423 e. The second-order valence-corrected chi connectivity index (χ2v) is 8.54. The Hall–Kier alpha value is -2.79. The molecular formula is C25H30N2O3. The van der Waals surface area contributed by atoms with E-state index in [1.807, 2.05) is 18.2 Å². The summed E-state index contributed by atoms with van der Waals surface area (Å²) >= 11 is 0. The van der Waals surface area contributed by atoms with E-state index in [9.17, 15) is 9.90 Å². The van der Waals surface area contributed by atoms with Crippen molar-refractivity contribution < 1.29 is 9.52 Å². The molecule has 0 unspecified atom stereocenters. The van der Waals surface area contributed by atoms with Crippen molar-refractivity contribution in [2.75, 3.05) is 23.3 Å². The van der Waals surface area contributed by atoms with Gasteiger partial charge >= 0.3 is 5.63 Å². The Morgan fingerprint density at radius 1 is 1.17 bits per heavy atom. The number of fused-ring (bicyclic) bond motifs is 1. The summed E-state index contributed by atoms with van der Waals surface area (Å²) in [6, 6.07) is 14.0. The monoisotopic (exact) mass is 406 g/mol. The SMILES string of the molecule is Cc1cc2oc(=O)cc(CNc3ccccc3N3CCC(O)CC3)c2cc1C(C)C. The molecule has 3 aromatic rings. The van der Waals surface area contributed by atoms with E-state index in [1.54, 1.807) is 6.07 Å². The lowest BCUT2D eigenvalue weighted by atomic mass is 9.95. The maximum absolute atomic E-state index is 12.2. The van der Waals surface area contributed by atoms with Crippen LogP contribution >= 0.6 is 0 Å². The van der Waals surface area contributed by atoms with Gasteiger partial charge in [0.1, 0.15) is 5.58 Å². The van der Waals surface area contributed by atoms with Gasteiger partial charge < -0.3 is 19.7 Å². The van der Waals surface area contributed by atoms with Gasteiger partial charge in [0.05, 0.1) is 17.5 Å². The zero-order valence-electron chi connectivity index (χ0n) is 17.9. The Morgan fingerprint density at radius 2 is 1.90 bits per heavy atom. The summed E-state index contributed by atoms with van der Waals surface area (Å²) in [6.45, 7) is 8.64. The minimum absolute atomic E-state index is 0.199. The van der Waals surface area contributed by atoms with Gasteiger partial charge in [0.2, 0.25) is 0 Å². The van der Waals surface area contributed by atoms with E-state index in [1.165, 1.54) is 5.56 Å². The predicted octanol–water partition coefficient (Wildman–Crippen LogP) is 4.80. The van der Waals surface area contributed by atoms with Crippen molar-refractivity contribution >= 4 is 22.3 Å². The Labute approximate surface area is 177 Å². The summed E-state index contributed by atoms with van der Waals surface area (Å²) in [5.41, 5.74) is 5.83. The molecule has 0 radical (unpaired) electrons. The van der Waals surface area contributed by atoms with Crippen LogP contribution in [-0.4, -0.2) is 24.3 Å². The highest BCUT2D eigenvalue weighted by Gasteiger charge is 2.19. The molecule has 2 heterocycles. The normalized spacial score (nSPS) is 15.2. The summed E-state index contributed by atoms with van der Waals surface area (Å²) in [5.74, 6) is 0.400. The van der Waals surface area contributed by atoms with E-state index in [0.29, 0.717) is 18.0 Å². The second-order valence-electron chi connectivity index (χ2n) is 8.54. The van der Waals surface area contributed by atoms with Gasteiger partial charge in [-0.3, -0.25) is 0 Å². The zero-order valence-corrected chi connectivity index (χ0v) is 17.9. The molecule has 0 aliphatic carbocycles. The molecule has 30 heavy (non-hydrogen) atoms. The van der Waals surface area contributed by atoms with Crippen molar-refractivity contribution in [1.82, 2.24) is 0 Å². The number of nitrogens with zero attached hydrogens (tertiary/aromatic N) is 1. The predicted molar refractivity (Wildman–Crippen MR) is 123 cm³/mol. The van der Waals surface area contributed by atoms with Crippen LogP contribution in [0.5, 0.6) is 0 Å². The summed E-state index contributed by atoms with van der Waals surface area (Å²) in [6.07, 6.45) is 1.38. The molecule has 0 atom stereocenters. The highest BCUT2D eigenvalue weighted by Crippen LogP contribution is 2.30. The molecule has 5 heteroatoms. The van der Waals surface area contributed by atoms with E-state index in [-0.39, 0.29) is 11.7 Å². The number of hydrogen-bond acceptors (Lipinski definition) is 5. The average molecular weight is 407 g/mol. The van der Waals surface area contributed by atoms with E-state index in [0.717, 1.165) is 53.8 Å². The lowest BCUT2D eigenvalue weighted by Gasteiger charge is -2.33. The van der Waals surface area contributed by atoms with Gasteiger partial charge in [0, 0.05) is 31.1 Å². The molecule has 2 aromatic carbocycles. The average Bonchev–Trinajstić information content (AvgIpc) is 2.72. The number of nitrogens with one attached hydrogen (secondary N) is 1. The lowest BCUT2D eigenvalue weighted by Crippen LogP contribution is -2.36. The van der Waals surface area contributed by atoms with Crippen molar-refractivity contribution in [2.24, 2.45) is 0 Å². The number of rotatable bonds is 5. The van der Waals surface area contributed by atoms with E-state index in [2.05, 4.69) is 49.2 Å². The van der Waals surface area contributed by atoms with E-state index >= 15 is 0 Å². The van der Waals surface area contributed by atoms with Gasteiger partial charge in [-0.25, -0.2) is 4.79 Å². The molecule has 0 spiro atoms. The topological polar surface area (TPSA) is 65.7 Å². The first kappa shape index (κ1) is 20.5. The van der Waals surface area contributed by atoms with Crippen LogP contribution in [0, 0.1) is 6.92 Å². The van der Waals surface area contributed by atoms with Gasteiger partial charge in [-0.15, -0.1) is 0 Å². The molecule has 1 aliphatic rings. The maximum Gasteiger partial charge on any atom is 0.336 e. The number of para-hydroxylation sites is 2. The fourth-order valence-corrected chi connectivity index (χ4v) is 4.36. The summed E-state index contributed by atoms with van der Waals surface area (Å²) in [4.78, 5) is 14.5. The van der Waals surface area contributed by atoms with Gasteiger partial charge in [-0.1, -0.05) is 26.0 Å². The summed E-state index contributed by atoms with van der Waals surface area (Å²) in [7, 11) is 0. The first-order valence-electron chi connectivity index (χ1n) is 10.8. The number of benzene rings is 2. The van der Waals surface area contributed by atoms with Crippen LogP contribution in [0.4, 0.5) is 11.4 Å². The minimum Gasteiger partial charge on any atom is -0.423 e. The molecule has 1 saturated heterocycles. The quantitative estimate of drug-likeness (QED) is 0.596. The fourth-order valence-electron chi connectivity index (χ4n) is 4.36. The lowest BCUT2D eigenvalue weighted by molar-refractivity contribution is 0.145. The van der Waals surface area contributed by atoms with Crippen LogP contribution < -0.4 is 15.8 Å². The summed E-state index contributed by atoms with van der Waals surface area (Å²) in [5, 5.41) is 14.3. The van der Waals surface area contributed by atoms with Crippen LogP contribution in [0.2, 0.25) is 0 Å². The molecule has 2 N–H and O–H groups in total. The summed E-state index contributed by atoms with van der Waals surface area (Å²) < 4.78 is 5.48. The smallest absolute Gasteiger partial charge is 0.336 e. The first-order chi connectivity index (χ1) is 14.4. The number of anilines is 2. The molecule has 0 saturated carbocycles. The van der Waals surface area contributed by atoms with Crippen molar-refractivity contribution in [3.63, 3.8) is 0 Å². The van der Waals surface area contributed by atoms with Crippen LogP contribution in [-0.2, 0) is 6.54 Å². The van der Waals surface area contributed by atoms with Crippen LogP contribution in [0.15, 0.2) is 51.7 Å². The Kier molecular flexibility index (Phi) is 5.82. The molecule has 158 valence electrons. The molecule has 1 aromatic heterocycles. The molecule has 0 amide bonds. The second kappa shape index (κ2) is 8.52. The van der Waals surface area contributed by atoms with Crippen LogP contribution in [0.1, 0.15) is 49.3 Å². The van der Waals surface area contributed by atoms with Gasteiger partial charge in [-0.05, 0) is 66.6 Å². The molecule has 0 bridgehead atoms. The van der Waals surface area contributed by atoms with Crippen LogP contribution in [0.25, 0.3) is 11.0 Å². The van der Waals surface area contributed by atoms with Crippen molar-refractivity contribution in [3.05, 3.63) is 69.6 Å². The maximum atomic E-state index is 12.2. The van der Waals surface area contributed by atoms with E-state index in [4.69, 9.17) is 4.42 Å². The zero-order chi connectivity index (χ0) is 21.3. The van der Waals surface area contributed by atoms with Gasteiger partial charge in [0.15, 0.2) is 0 Å². The highest BCUT2D eigenvalue weighted by molar-refractivity contribution is 5.82. The number of hydrogen-bond donors (Lipinski definition) is 2. The highest BCUT2D eigenvalue weighted by atomic mass is 16.4. The molecule has 1 aliphatic heterocycles. The van der Waals surface area contributed by atoms with Gasteiger partial charge in [-0.2, -0.15) is 0 Å². The van der Waals surface area contributed by atoms with Crippen molar-refractivity contribution in [2.45, 2.75) is 52.2 Å². The molecular weight excluding hydrogens is 376 g/mol. The standard InChI is InChI=1S/C25H30N2O3/c1-16(2)20-14-21-18(13-25(29)30-24(21)12-17(20)3)15-26-22-6-4-5-7-23(22)27-10-8-19(28)9-11-27/h4-7,12-14,16,19,26,28H,8-11,15H2,1-3H3. The third kappa shape index (κ3) is 4.21. The number of aryl methyl sites for hydroxylation is 1. The van der Waals surface area contributed by atoms with E-state index < -0.39 is 0 Å². The minimum atomic E-state index is -0.325. The van der Waals surface area contributed by atoms with Gasteiger partial charge in [0.25, 0.3) is 0 Å². The third-order valence-corrected chi connectivity index (χ3v) is 6.02. The third-order valence-electron chi connectivity index (χ3n) is 6.02. The molecule has 1 fully saturated rings. The van der Waals surface area contributed by atoms with Crippen molar-refractivity contribution in [1.29, 1.82) is 0 Å². The molecule has 4 rings (SSSR count). The first-order valence-corrected chi connectivity index (χ1v) is 10.8. The molecule has 5 nitrogen and oxygen atoms in total. The number of aliphatic hydroxyl groups excluding tert-OH is 1. The fraction of sp³-hybridized carbons (Fsp3) is 0.400. The Bertz CT molecular complexity index is 1100. The number of aliphatic hydroxyl groups is 1. The number of piperidine rings is 1. The van der Waals surface area contributed by atoms with Crippen LogP contribution in [0.3, 0.4) is 0 Å².